The minimum atomic E-state index is 0.101. The maximum absolute atomic E-state index is 11.9. The summed E-state index contributed by atoms with van der Waals surface area (Å²) in [5.41, 5.74) is 10.6. The van der Waals surface area contributed by atoms with Gasteiger partial charge in [0.05, 0.1) is 16.6 Å². The lowest BCUT2D eigenvalue weighted by atomic mass is 10.1. The summed E-state index contributed by atoms with van der Waals surface area (Å²) in [4.78, 5) is 22.1. The van der Waals surface area contributed by atoms with Crippen LogP contribution in [0.2, 0.25) is 0 Å². The van der Waals surface area contributed by atoms with Crippen LogP contribution in [0, 0.1) is 12.8 Å². The van der Waals surface area contributed by atoms with Crippen LogP contribution in [0.5, 0.6) is 0 Å². The van der Waals surface area contributed by atoms with E-state index in [9.17, 15) is 4.79 Å². The van der Waals surface area contributed by atoms with Crippen molar-refractivity contribution < 1.29 is 4.79 Å². The lowest BCUT2D eigenvalue weighted by Gasteiger charge is -2.09. The van der Waals surface area contributed by atoms with Gasteiger partial charge in [-0.2, -0.15) is 5.10 Å². The Morgan fingerprint density at radius 3 is 2.67 bits per heavy atom. The van der Waals surface area contributed by atoms with E-state index in [4.69, 9.17) is 10.7 Å². The van der Waals surface area contributed by atoms with Crippen molar-refractivity contribution in [2.24, 2.45) is 5.92 Å². The first kappa shape index (κ1) is 18.6. The molecule has 1 aliphatic rings. The van der Waals surface area contributed by atoms with Crippen LogP contribution >= 0.6 is 11.8 Å². The van der Waals surface area contributed by atoms with Crippen molar-refractivity contribution in [3.8, 4) is 11.3 Å². The number of benzene rings is 2. The minimum Gasteiger partial charge on any atom is -0.383 e. The van der Waals surface area contributed by atoms with Crippen LogP contribution in [-0.4, -0.2) is 26.1 Å². The van der Waals surface area contributed by atoms with Gasteiger partial charge < -0.3 is 11.1 Å². The fourth-order valence-electron chi connectivity index (χ4n) is 3.31. The number of carbonyl (C=O) groups excluding carboxylic acids is 1. The van der Waals surface area contributed by atoms with Crippen LogP contribution in [0.15, 0.2) is 58.6 Å². The molecule has 0 aliphatic heterocycles. The van der Waals surface area contributed by atoms with E-state index in [1.807, 2.05) is 55.5 Å². The highest BCUT2D eigenvalue weighted by Crippen LogP contribution is 2.34. The molecule has 0 radical (unpaired) electrons. The zero-order valence-electron chi connectivity index (χ0n) is 16.3. The van der Waals surface area contributed by atoms with Gasteiger partial charge in [0.1, 0.15) is 5.82 Å². The molecule has 1 aliphatic carbocycles. The molecule has 4 aromatic rings. The van der Waals surface area contributed by atoms with E-state index >= 15 is 0 Å². The third-order valence-corrected chi connectivity index (χ3v) is 5.86. The number of nitrogens with one attached hydrogen (secondary N) is 2. The summed E-state index contributed by atoms with van der Waals surface area (Å²) in [6.07, 6.45) is 1.98. The van der Waals surface area contributed by atoms with E-state index in [2.05, 4.69) is 20.5 Å². The molecule has 1 fully saturated rings. The summed E-state index contributed by atoms with van der Waals surface area (Å²) in [6, 6.07) is 15.5. The molecular formula is C22H20N6OS. The Labute approximate surface area is 177 Å². The fraction of sp³-hybridized carbons (Fsp3) is 0.182. The Morgan fingerprint density at radius 1 is 1.17 bits per heavy atom. The van der Waals surface area contributed by atoms with E-state index in [1.165, 1.54) is 11.8 Å². The van der Waals surface area contributed by atoms with Gasteiger partial charge in [-0.05, 0) is 67.9 Å². The average molecular weight is 417 g/mol. The number of H-pyrrole nitrogens is 1. The number of amides is 1. The van der Waals surface area contributed by atoms with E-state index in [1.54, 1.807) is 0 Å². The summed E-state index contributed by atoms with van der Waals surface area (Å²) < 4.78 is 0. The summed E-state index contributed by atoms with van der Waals surface area (Å²) in [5, 5.41) is 11.6. The van der Waals surface area contributed by atoms with Crippen LogP contribution in [0.3, 0.4) is 0 Å². The van der Waals surface area contributed by atoms with Gasteiger partial charge in [0.2, 0.25) is 5.91 Å². The van der Waals surface area contributed by atoms with Crippen molar-refractivity contribution in [2.75, 3.05) is 11.1 Å². The fourth-order valence-corrected chi connectivity index (χ4v) is 4.08. The molecule has 150 valence electrons. The number of fused-ring (bicyclic) bond motifs is 1. The van der Waals surface area contributed by atoms with Crippen LogP contribution in [-0.2, 0) is 4.79 Å². The maximum atomic E-state index is 11.9. The van der Waals surface area contributed by atoms with Crippen LogP contribution < -0.4 is 11.1 Å². The van der Waals surface area contributed by atoms with Gasteiger partial charge in [0.25, 0.3) is 0 Å². The molecule has 0 unspecified atom stereocenters. The third-order valence-electron chi connectivity index (χ3n) is 4.99. The summed E-state index contributed by atoms with van der Waals surface area (Å²) >= 11 is 1.43. The quantitative estimate of drug-likeness (QED) is 0.416. The average Bonchev–Trinajstić information content (AvgIpc) is 3.50. The van der Waals surface area contributed by atoms with Crippen LogP contribution in [0.4, 0.5) is 11.5 Å². The predicted molar refractivity (Wildman–Crippen MR) is 118 cm³/mol. The molecule has 5 rings (SSSR count). The molecule has 7 nitrogen and oxygen atoms in total. The number of hydrogen-bond donors (Lipinski definition) is 3. The van der Waals surface area contributed by atoms with Gasteiger partial charge in [0, 0.05) is 27.8 Å². The Bertz CT molecular complexity index is 1250. The summed E-state index contributed by atoms with van der Waals surface area (Å²) in [7, 11) is 0. The van der Waals surface area contributed by atoms with Crippen molar-refractivity contribution in [3.63, 3.8) is 0 Å². The molecule has 2 aromatic heterocycles. The Kier molecular flexibility index (Phi) is 4.63. The molecular weight excluding hydrogens is 396 g/mol. The first-order valence-corrected chi connectivity index (χ1v) is 10.6. The van der Waals surface area contributed by atoms with E-state index in [-0.39, 0.29) is 11.8 Å². The van der Waals surface area contributed by atoms with Crippen molar-refractivity contribution in [3.05, 3.63) is 54.2 Å². The molecule has 1 amide bonds. The molecule has 4 N–H and O–H groups in total. The molecule has 1 saturated carbocycles. The van der Waals surface area contributed by atoms with Gasteiger partial charge in [-0.3, -0.25) is 9.89 Å². The first-order chi connectivity index (χ1) is 14.6. The molecule has 0 spiro atoms. The van der Waals surface area contributed by atoms with Gasteiger partial charge >= 0.3 is 0 Å². The van der Waals surface area contributed by atoms with Crippen LogP contribution in [0.25, 0.3) is 22.2 Å². The predicted octanol–water partition coefficient (Wildman–Crippen LogP) is 4.41. The highest BCUT2D eigenvalue weighted by Gasteiger charge is 2.29. The standard InChI is InChI=1S/C22H20N6OS/c1-12-11-18(28-27-12)16-3-2-4-17-19(16)20(23)26-22(25-17)30-15-9-7-14(8-10-15)24-21(29)13-5-6-13/h2-4,7-11,13H,5-6H2,1H3,(H,24,29)(H,27,28)(H2,23,25,26). The second-order valence-electron chi connectivity index (χ2n) is 7.42. The monoisotopic (exact) mass is 416 g/mol. The summed E-state index contributed by atoms with van der Waals surface area (Å²) in [5.74, 6) is 0.708. The van der Waals surface area contributed by atoms with Crippen molar-refractivity contribution in [2.45, 2.75) is 29.8 Å². The molecule has 2 heterocycles. The smallest absolute Gasteiger partial charge is 0.227 e. The Morgan fingerprint density at radius 2 is 1.97 bits per heavy atom. The Balaban J connectivity index is 1.40. The zero-order valence-corrected chi connectivity index (χ0v) is 17.2. The number of nitrogens with zero attached hydrogens (tertiary/aromatic N) is 3. The minimum absolute atomic E-state index is 0.101. The van der Waals surface area contributed by atoms with Gasteiger partial charge in [-0.1, -0.05) is 12.1 Å². The topological polar surface area (TPSA) is 110 Å². The second kappa shape index (κ2) is 7.46. The largest absolute Gasteiger partial charge is 0.383 e. The van der Waals surface area contributed by atoms with Gasteiger partial charge in [-0.15, -0.1) is 0 Å². The first-order valence-electron chi connectivity index (χ1n) is 9.74. The van der Waals surface area contributed by atoms with Crippen molar-refractivity contribution >= 4 is 40.1 Å². The van der Waals surface area contributed by atoms with Gasteiger partial charge in [-0.25, -0.2) is 9.97 Å². The maximum Gasteiger partial charge on any atom is 0.227 e. The number of aromatic nitrogens is 4. The number of nitrogens with two attached hydrogens (primary N) is 1. The molecule has 8 heteroatoms. The van der Waals surface area contributed by atoms with Crippen molar-refractivity contribution in [1.82, 2.24) is 20.2 Å². The second-order valence-corrected chi connectivity index (χ2v) is 8.46. The highest BCUT2D eigenvalue weighted by molar-refractivity contribution is 7.99. The number of aromatic amines is 1. The number of carbonyl (C=O) groups is 1. The number of hydrogen-bond acceptors (Lipinski definition) is 6. The van der Waals surface area contributed by atoms with Gasteiger partial charge in [0.15, 0.2) is 5.16 Å². The number of aryl methyl sites for hydroxylation is 1. The molecule has 30 heavy (non-hydrogen) atoms. The summed E-state index contributed by atoms with van der Waals surface area (Å²) in [6.45, 7) is 1.96. The van der Waals surface area contributed by atoms with Crippen molar-refractivity contribution in [1.29, 1.82) is 0 Å². The van der Waals surface area contributed by atoms with E-state index in [0.717, 1.165) is 51.3 Å². The molecule has 0 atom stereocenters. The van der Waals surface area contributed by atoms with E-state index in [0.29, 0.717) is 11.0 Å². The number of rotatable bonds is 5. The van der Waals surface area contributed by atoms with Crippen LogP contribution in [0.1, 0.15) is 18.5 Å². The highest BCUT2D eigenvalue weighted by atomic mass is 32.2. The lowest BCUT2D eigenvalue weighted by molar-refractivity contribution is -0.117. The third kappa shape index (κ3) is 3.73. The lowest BCUT2D eigenvalue weighted by Crippen LogP contribution is -2.12. The number of nitrogen functional groups attached to an aromatic ring is 1. The SMILES string of the molecule is Cc1cc(-c2cccc3nc(Sc4ccc(NC(=O)C5CC5)cc4)nc(N)c23)n[nH]1. The normalized spacial score (nSPS) is 13.5. The molecule has 0 bridgehead atoms. The molecule has 2 aromatic carbocycles. The zero-order chi connectivity index (χ0) is 20.7. The molecule has 0 saturated heterocycles. The number of anilines is 2. The Hall–Kier alpha value is -3.39. The van der Waals surface area contributed by atoms with E-state index < -0.39 is 0 Å².